The number of fused-ring (bicyclic) bond motifs is 1. The minimum atomic E-state index is -0.226. The lowest BCUT2D eigenvalue weighted by Crippen LogP contribution is -2.12. The van der Waals surface area contributed by atoms with Crippen LogP contribution in [0.3, 0.4) is 0 Å². The Bertz CT molecular complexity index is 1230. The number of carbonyl (C=O) groups is 1. The molecule has 7 nitrogen and oxygen atoms in total. The molecule has 0 spiro atoms. The van der Waals surface area contributed by atoms with Gasteiger partial charge in [0, 0.05) is 18.7 Å². The summed E-state index contributed by atoms with van der Waals surface area (Å²) in [6, 6.07) is 14.6. The van der Waals surface area contributed by atoms with E-state index in [1.54, 1.807) is 37.6 Å². The fraction of sp³-hybridized carbons (Fsp3) is 0.174. The number of aryl methyl sites for hydroxylation is 3. The minimum absolute atomic E-state index is 0.226. The summed E-state index contributed by atoms with van der Waals surface area (Å²) >= 11 is 0. The number of aromatic nitrogens is 3. The highest BCUT2D eigenvalue weighted by Gasteiger charge is 2.11. The van der Waals surface area contributed by atoms with Crippen LogP contribution >= 0.6 is 0 Å². The average molecular weight is 402 g/mol. The van der Waals surface area contributed by atoms with Crippen molar-refractivity contribution < 1.29 is 14.3 Å². The number of hydrogen-bond donors (Lipinski definition) is 1. The number of methoxy groups -OCH3 is 1. The molecule has 152 valence electrons. The van der Waals surface area contributed by atoms with E-state index in [0.717, 1.165) is 22.4 Å². The molecule has 0 aliphatic carbocycles. The summed E-state index contributed by atoms with van der Waals surface area (Å²) in [6.45, 7) is 3.91. The monoisotopic (exact) mass is 402 g/mol. The van der Waals surface area contributed by atoms with Crippen LogP contribution in [-0.4, -0.2) is 27.6 Å². The Balaban J connectivity index is 1.47. The highest BCUT2D eigenvalue weighted by Crippen LogP contribution is 2.31. The predicted molar refractivity (Wildman–Crippen MR) is 115 cm³/mol. The number of rotatable bonds is 5. The minimum Gasteiger partial charge on any atom is -0.493 e. The van der Waals surface area contributed by atoms with Gasteiger partial charge in [0.25, 0.3) is 5.91 Å². The number of pyridine rings is 1. The Morgan fingerprint density at radius 1 is 1.03 bits per heavy atom. The molecule has 0 aliphatic rings. The number of hydrogen-bond acceptors (Lipinski definition) is 5. The van der Waals surface area contributed by atoms with Crippen molar-refractivity contribution in [1.82, 2.24) is 14.5 Å². The maximum Gasteiger partial charge on any atom is 0.255 e. The first-order valence-corrected chi connectivity index (χ1v) is 9.47. The summed E-state index contributed by atoms with van der Waals surface area (Å²) in [4.78, 5) is 21.4. The molecule has 0 atom stereocenters. The molecular weight excluding hydrogens is 380 g/mol. The maximum absolute atomic E-state index is 12.6. The number of ether oxygens (including phenoxy) is 2. The molecule has 4 aromatic rings. The van der Waals surface area contributed by atoms with E-state index in [2.05, 4.69) is 15.3 Å². The van der Waals surface area contributed by atoms with Crippen LogP contribution in [0.15, 0.2) is 54.7 Å². The summed E-state index contributed by atoms with van der Waals surface area (Å²) in [5.74, 6) is 2.28. The van der Waals surface area contributed by atoms with E-state index >= 15 is 0 Å². The molecule has 0 aliphatic heterocycles. The largest absolute Gasteiger partial charge is 0.493 e. The second kappa shape index (κ2) is 7.87. The van der Waals surface area contributed by atoms with E-state index in [0.29, 0.717) is 28.6 Å². The van der Waals surface area contributed by atoms with Crippen molar-refractivity contribution in [2.75, 3.05) is 12.4 Å². The molecule has 4 rings (SSSR count). The van der Waals surface area contributed by atoms with Gasteiger partial charge in [0.05, 0.1) is 30.0 Å². The lowest BCUT2D eigenvalue weighted by Gasteiger charge is -2.11. The quantitative estimate of drug-likeness (QED) is 0.526. The summed E-state index contributed by atoms with van der Waals surface area (Å²) in [6.07, 6.45) is 1.55. The number of nitrogens with one attached hydrogen (secondary N) is 1. The van der Waals surface area contributed by atoms with Crippen LogP contribution in [0.4, 0.5) is 5.69 Å². The summed E-state index contributed by atoms with van der Waals surface area (Å²) in [5, 5.41) is 2.85. The lowest BCUT2D eigenvalue weighted by molar-refractivity contribution is 0.102. The van der Waals surface area contributed by atoms with Crippen LogP contribution in [0.2, 0.25) is 0 Å². The zero-order chi connectivity index (χ0) is 21.3. The van der Waals surface area contributed by atoms with Gasteiger partial charge in [-0.15, -0.1) is 0 Å². The summed E-state index contributed by atoms with van der Waals surface area (Å²) < 4.78 is 13.1. The first-order valence-electron chi connectivity index (χ1n) is 9.47. The van der Waals surface area contributed by atoms with Crippen molar-refractivity contribution in [3.63, 3.8) is 0 Å². The summed E-state index contributed by atoms with van der Waals surface area (Å²) in [5.41, 5.74) is 3.95. The molecule has 2 aromatic carbocycles. The second-order valence-corrected chi connectivity index (χ2v) is 7.02. The Kier molecular flexibility index (Phi) is 5.10. The van der Waals surface area contributed by atoms with Gasteiger partial charge in [0.2, 0.25) is 5.88 Å². The highest BCUT2D eigenvalue weighted by molar-refractivity contribution is 6.05. The molecule has 30 heavy (non-hydrogen) atoms. The van der Waals surface area contributed by atoms with Gasteiger partial charge in [-0.3, -0.25) is 4.79 Å². The molecule has 1 amide bonds. The third-order valence-electron chi connectivity index (χ3n) is 4.89. The molecule has 2 aromatic heterocycles. The molecular formula is C23H22N4O3. The van der Waals surface area contributed by atoms with Crippen molar-refractivity contribution >= 4 is 22.6 Å². The van der Waals surface area contributed by atoms with Gasteiger partial charge in [-0.25, -0.2) is 9.97 Å². The van der Waals surface area contributed by atoms with Gasteiger partial charge in [0.15, 0.2) is 11.5 Å². The maximum atomic E-state index is 12.6. The van der Waals surface area contributed by atoms with E-state index in [9.17, 15) is 4.79 Å². The molecule has 0 saturated carbocycles. The molecule has 1 N–H and O–H groups in total. The van der Waals surface area contributed by atoms with E-state index < -0.39 is 0 Å². The summed E-state index contributed by atoms with van der Waals surface area (Å²) in [7, 11) is 3.54. The Morgan fingerprint density at radius 3 is 2.60 bits per heavy atom. The SMILES string of the molecule is COc1cc(C)ccc1Oc1ccc(NC(=O)c2ccc3c(c2)nc(C)n3C)cn1. The number of anilines is 1. The Hall–Kier alpha value is -3.87. The lowest BCUT2D eigenvalue weighted by atomic mass is 10.2. The van der Waals surface area contributed by atoms with E-state index in [1.165, 1.54) is 0 Å². The van der Waals surface area contributed by atoms with Crippen LogP contribution in [-0.2, 0) is 7.05 Å². The van der Waals surface area contributed by atoms with Crippen LogP contribution < -0.4 is 14.8 Å². The number of carbonyl (C=O) groups excluding carboxylic acids is 1. The molecule has 0 fully saturated rings. The zero-order valence-corrected chi connectivity index (χ0v) is 17.3. The molecule has 0 radical (unpaired) electrons. The van der Waals surface area contributed by atoms with E-state index in [-0.39, 0.29) is 5.91 Å². The topological polar surface area (TPSA) is 78.3 Å². The normalized spacial score (nSPS) is 10.8. The molecule has 7 heteroatoms. The third kappa shape index (κ3) is 3.82. The fourth-order valence-electron chi connectivity index (χ4n) is 3.15. The zero-order valence-electron chi connectivity index (χ0n) is 17.3. The fourth-order valence-corrected chi connectivity index (χ4v) is 3.15. The standard InChI is InChI=1S/C23H22N4O3/c1-14-5-9-20(21(11-14)29-4)30-22-10-7-17(13-24-22)26-23(28)16-6-8-19-18(12-16)25-15(2)27(19)3/h5-13H,1-4H3,(H,26,28). The number of amides is 1. The molecule has 0 bridgehead atoms. The van der Waals surface area contributed by atoms with Crippen LogP contribution in [0.5, 0.6) is 17.4 Å². The molecule has 2 heterocycles. The van der Waals surface area contributed by atoms with Crippen LogP contribution in [0, 0.1) is 13.8 Å². The van der Waals surface area contributed by atoms with Crippen LogP contribution in [0.1, 0.15) is 21.7 Å². The van der Waals surface area contributed by atoms with Crippen molar-refractivity contribution in [2.45, 2.75) is 13.8 Å². The molecule has 0 unspecified atom stereocenters. The van der Waals surface area contributed by atoms with Gasteiger partial charge >= 0.3 is 0 Å². The number of nitrogens with zero attached hydrogens (tertiary/aromatic N) is 3. The third-order valence-corrected chi connectivity index (χ3v) is 4.89. The van der Waals surface area contributed by atoms with Gasteiger partial charge in [-0.2, -0.15) is 0 Å². The average Bonchev–Trinajstić information content (AvgIpc) is 3.03. The second-order valence-electron chi connectivity index (χ2n) is 7.02. The molecule has 0 saturated heterocycles. The highest BCUT2D eigenvalue weighted by atomic mass is 16.5. The predicted octanol–water partition coefficient (Wildman–Crippen LogP) is 4.64. The first kappa shape index (κ1) is 19.4. The van der Waals surface area contributed by atoms with Gasteiger partial charge in [-0.1, -0.05) is 6.07 Å². The van der Waals surface area contributed by atoms with Crippen molar-refractivity contribution in [1.29, 1.82) is 0 Å². The van der Waals surface area contributed by atoms with Gasteiger partial charge in [0.1, 0.15) is 5.82 Å². The van der Waals surface area contributed by atoms with Gasteiger partial charge in [-0.05, 0) is 55.8 Å². The van der Waals surface area contributed by atoms with E-state index in [4.69, 9.17) is 9.47 Å². The first-order chi connectivity index (χ1) is 14.4. The van der Waals surface area contributed by atoms with Crippen molar-refractivity contribution in [3.05, 3.63) is 71.7 Å². The van der Waals surface area contributed by atoms with Crippen LogP contribution in [0.25, 0.3) is 11.0 Å². The Labute approximate surface area is 174 Å². The van der Waals surface area contributed by atoms with Crippen molar-refractivity contribution in [3.8, 4) is 17.4 Å². The van der Waals surface area contributed by atoms with Crippen molar-refractivity contribution in [2.24, 2.45) is 7.05 Å². The van der Waals surface area contributed by atoms with E-state index in [1.807, 2.05) is 49.7 Å². The smallest absolute Gasteiger partial charge is 0.255 e. The number of benzene rings is 2. The Morgan fingerprint density at radius 2 is 1.87 bits per heavy atom. The number of imidazole rings is 1. The van der Waals surface area contributed by atoms with Gasteiger partial charge < -0.3 is 19.4 Å².